The van der Waals surface area contributed by atoms with Crippen LogP contribution < -0.4 is 9.47 Å². The van der Waals surface area contributed by atoms with E-state index in [9.17, 15) is 9.59 Å². The van der Waals surface area contributed by atoms with Crippen LogP contribution in [0.15, 0.2) is 18.2 Å². The zero-order chi connectivity index (χ0) is 14.7. The van der Waals surface area contributed by atoms with E-state index in [1.165, 1.54) is 14.2 Å². The zero-order valence-electron chi connectivity index (χ0n) is 11.5. The first kappa shape index (κ1) is 14.2. The topological polar surface area (TPSA) is 71.1 Å². The van der Waals surface area contributed by atoms with Gasteiger partial charge in [-0.25, -0.2) is 0 Å². The third-order valence-corrected chi connectivity index (χ3v) is 3.26. The van der Waals surface area contributed by atoms with Crippen molar-refractivity contribution < 1.29 is 28.5 Å². The molecule has 1 aromatic carbocycles. The summed E-state index contributed by atoms with van der Waals surface area (Å²) in [6.45, 7) is 0. The Bertz CT molecular complexity index is 524. The van der Waals surface area contributed by atoms with E-state index < -0.39 is 24.0 Å². The molecule has 1 aromatic rings. The molecule has 0 radical (unpaired) electrons. The number of cyclic esters (lactones) is 1. The second-order valence-electron chi connectivity index (χ2n) is 4.35. The van der Waals surface area contributed by atoms with Crippen molar-refractivity contribution in [2.45, 2.75) is 12.5 Å². The molecule has 2 atom stereocenters. The van der Waals surface area contributed by atoms with Crippen molar-refractivity contribution in [3.8, 4) is 11.5 Å². The van der Waals surface area contributed by atoms with Crippen molar-refractivity contribution in [1.82, 2.24) is 0 Å². The summed E-state index contributed by atoms with van der Waals surface area (Å²) in [5, 5.41) is 0. The second kappa shape index (κ2) is 5.81. The second-order valence-corrected chi connectivity index (χ2v) is 4.35. The maximum Gasteiger partial charge on any atom is 0.313 e. The lowest BCUT2D eigenvalue weighted by Crippen LogP contribution is -2.20. The Hall–Kier alpha value is -2.24. The van der Waals surface area contributed by atoms with Gasteiger partial charge in [-0.05, 0) is 12.1 Å². The van der Waals surface area contributed by atoms with Crippen LogP contribution in [0.4, 0.5) is 0 Å². The zero-order valence-corrected chi connectivity index (χ0v) is 11.5. The summed E-state index contributed by atoms with van der Waals surface area (Å²) < 4.78 is 20.3. The summed E-state index contributed by atoms with van der Waals surface area (Å²) >= 11 is 0. The van der Waals surface area contributed by atoms with E-state index in [1.807, 2.05) is 0 Å². The highest BCUT2D eigenvalue weighted by Gasteiger charge is 2.42. The van der Waals surface area contributed by atoms with Gasteiger partial charge in [-0.1, -0.05) is 0 Å². The molecular weight excluding hydrogens is 264 g/mol. The van der Waals surface area contributed by atoms with Gasteiger partial charge in [-0.15, -0.1) is 0 Å². The van der Waals surface area contributed by atoms with Gasteiger partial charge in [0, 0.05) is 11.6 Å². The normalized spacial score (nSPS) is 21.2. The van der Waals surface area contributed by atoms with Crippen molar-refractivity contribution in [3.63, 3.8) is 0 Å². The highest BCUT2D eigenvalue weighted by molar-refractivity contribution is 5.84. The molecule has 0 saturated carbocycles. The van der Waals surface area contributed by atoms with Gasteiger partial charge in [0.2, 0.25) is 0 Å². The fraction of sp³-hybridized carbons (Fsp3) is 0.429. The predicted molar refractivity (Wildman–Crippen MR) is 68.5 cm³/mol. The molecule has 1 fully saturated rings. The standard InChI is InChI=1S/C14H16O6/c1-17-8-4-5-9(11(6-8)18-2)13-10(14(16)19-3)7-12(15)20-13/h4-6,10,13H,7H2,1-3H3/t10-,13+/m1/s1. The van der Waals surface area contributed by atoms with Gasteiger partial charge in [-0.3, -0.25) is 9.59 Å². The summed E-state index contributed by atoms with van der Waals surface area (Å²) in [6, 6.07) is 5.12. The van der Waals surface area contributed by atoms with Crippen molar-refractivity contribution in [2.75, 3.05) is 21.3 Å². The van der Waals surface area contributed by atoms with E-state index in [4.69, 9.17) is 18.9 Å². The molecule has 0 aromatic heterocycles. The molecule has 1 aliphatic heterocycles. The van der Waals surface area contributed by atoms with Crippen molar-refractivity contribution in [3.05, 3.63) is 23.8 Å². The van der Waals surface area contributed by atoms with Crippen LogP contribution in [-0.2, 0) is 19.1 Å². The Morgan fingerprint density at radius 1 is 1.25 bits per heavy atom. The summed E-state index contributed by atoms with van der Waals surface area (Å²) in [7, 11) is 4.33. The average Bonchev–Trinajstić information content (AvgIpc) is 2.87. The molecule has 6 nitrogen and oxygen atoms in total. The molecular formula is C14H16O6. The molecule has 1 aliphatic rings. The molecule has 0 aliphatic carbocycles. The number of methoxy groups -OCH3 is 3. The number of benzene rings is 1. The Morgan fingerprint density at radius 3 is 2.60 bits per heavy atom. The van der Waals surface area contributed by atoms with Crippen LogP contribution >= 0.6 is 0 Å². The molecule has 108 valence electrons. The monoisotopic (exact) mass is 280 g/mol. The third kappa shape index (κ3) is 2.54. The first-order valence-electron chi connectivity index (χ1n) is 6.10. The van der Waals surface area contributed by atoms with Crippen molar-refractivity contribution in [2.24, 2.45) is 5.92 Å². The van der Waals surface area contributed by atoms with Crippen LogP contribution in [0.3, 0.4) is 0 Å². The quantitative estimate of drug-likeness (QED) is 0.778. The maximum absolute atomic E-state index is 11.7. The molecule has 2 rings (SSSR count). The largest absolute Gasteiger partial charge is 0.497 e. The SMILES string of the molecule is COC(=O)[C@@H]1CC(=O)O[C@H]1c1ccc(OC)cc1OC. The lowest BCUT2D eigenvalue weighted by molar-refractivity contribution is -0.147. The van der Waals surface area contributed by atoms with Gasteiger partial charge in [0.05, 0.1) is 27.8 Å². The van der Waals surface area contributed by atoms with E-state index in [2.05, 4.69) is 0 Å². The van der Waals surface area contributed by atoms with Gasteiger partial charge in [0.25, 0.3) is 0 Å². The van der Waals surface area contributed by atoms with E-state index in [0.717, 1.165) is 0 Å². The molecule has 0 N–H and O–H groups in total. The predicted octanol–water partition coefficient (Wildman–Crippen LogP) is 1.48. The van der Waals surface area contributed by atoms with Gasteiger partial charge in [0.1, 0.15) is 23.5 Å². The first-order chi connectivity index (χ1) is 9.60. The fourth-order valence-electron chi connectivity index (χ4n) is 2.25. The van der Waals surface area contributed by atoms with Gasteiger partial charge < -0.3 is 18.9 Å². The van der Waals surface area contributed by atoms with Crippen LogP contribution in [0.25, 0.3) is 0 Å². The van der Waals surface area contributed by atoms with E-state index in [-0.39, 0.29) is 6.42 Å². The highest BCUT2D eigenvalue weighted by atomic mass is 16.6. The minimum atomic E-state index is -0.698. The average molecular weight is 280 g/mol. The minimum absolute atomic E-state index is 0.00647. The molecule has 0 amide bonds. The number of hydrogen-bond acceptors (Lipinski definition) is 6. The van der Waals surface area contributed by atoms with E-state index in [0.29, 0.717) is 17.1 Å². The Kier molecular flexibility index (Phi) is 4.12. The summed E-state index contributed by atoms with van der Waals surface area (Å²) in [4.78, 5) is 23.2. The van der Waals surface area contributed by atoms with Crippen LogP contribution in [0, 0.1) is 5.92 Å². The van der Waals surface area contributed by atoms with Crippen LogP contribution in [0.1, 0.15) is 18.1 Å². The number of carbonyl (C=O) groups is 2. The van der Waals surface area contributed by atoms with Gasteiger partial charge in [-0.2, -0.15) is 0 Å². The van der Waals surface area contributed by atoms with E-state index in [1.54, 1.807) is 25.3 Å². The van der Waals surface area contributed by atoms with Crippen molar-refractivity contribution in [1.29, 1.82) is 0 Å². The molecule has 20 heavy (non-hydrogen) atoms. The molecule has 0 bridgehead atoms. The Morgan fingerprint density at radius 2 is 2.00 bits per heavy atom. The maximum atomic E-state index is 11.7. The lowest BCUT2D eigenvalue weighted by atomic mass is 9.94. The van der Waals surface area contributed by atoms with Crippen molar-refractivity contribution >= 4 is 11.9 Å². The number of rotatable bonds is 4. The Balaban J connectivity index is 2.38. The lowest BCUT2D eigenvalue weighted by Gasteiger charge is -2.19. The summed E-state index contributed by atoms with van der Waals surface area (Å²) in [6.07, 6.45) is -0.692. The smallest absolute Gasteiger partial charge is 0.313 e. The molecule has 6 heteroatoms. The Labute approximate surface area is 116 Å². The first-order valence-corrected chi connectivity index (χ1v) is 6.10. The summed E-state index contributed by atoms with van der Waals surface area (Å²) in [5.41, 5.74) is 0.620. The number of ether oxygens (including phenoxy) is 4. The number of hydrogen-bond donors (Lipinski definition) is 0. The fourth-order valence-corrected chi connectivity index (χ4v) is 2.25. The van der Waals surface area contributed by atoms with Gasteiger partial charge in [0.15, 0.2) is 0 Å². The van der Waals surface area contributed by atoms with Crippen LogP contribution in [-0.4, -0.2) is 33.3 Å². The molecule has 0 unspecified atom stereocenters. The summed E-state index contributed by atoms with van der Waals surface area (Å²) in [5.74, 6) is -0.445. The highest BCUT2D eigenvalue weighted by Crippen LogP contribution is 2.41. The number of carbonyl (C=O) groups excluding carboxylic acids is 2. The number of esters is 2. The molecule has 1 heterocycles. The molecule has 1 saturated heterocycles. The van der Waals surface area contributed by atoms with E-state index >= 15 is 0 Å². The minimum Gasteiger partial charge on any atom is -0.497 e. The van der Waals surface area contributed by atoms with Crippen LogP contribution in [0.5, 0.6) is 11.5 Å². The third-order valence-electron chi connectivity index (χ3n) is 3.26. The molecule has 0 spiro atoms. The van der Waals surface area contributed by atoms with Gasteiger partial charge >= 0.3 is 11.9 Å². The van der Waals surface area contributed by atoms with Crippen LogP contribution in [0.2, 0.25) is 0 Å².